The number of aromatic nitrogens is 1. The fourth-order valence-electron chi connectivity index (χ4n) is 4.65. The van der Waals surface area contributed by atoms with Gasteiger partial charge >= 0.3 is 7.25 Å². The SMILES string of the molecule is Brc1ccccc1C1CN1[n+]1c(-c2ccccc2)cc(-c2ccccc2)cc1-c1ccccc1.F[B-](F)(F)F. The van der Waals surface area contributed by atoms with Crippen molar-refractivity contribution in [2.75, 3.05) is 11.6 Å². The Morgan fingerprint density at radius 1 is 0.590 bits per heavy atom. The second-order valence-corrected chi connectivity index (χ2v) is 9.93. The molecule has 4 aromatic carbocycles. The fourth-order valence-corrected chi connectivity index (χ4v) is 5.20. The minimum Gasteiger partial charge on any atom is -0.418 e. The second kappa shape index (κ2) is 11.5. The largest absolute Gasteiger partial charge is 0.673 e. The summed E-state index contributed by atoms with van der Waals surface area (Å²) in [6.07, 6.45) is 0. The van der Waals surface area contributed by atoms with Crippen LogP contribution in [-0.4, -0.2) is 13.8 Å². The van der Waals surface area contributed by atoms with E-state index in [2.05, 4.69) is 153 Å². The van der Waals surface area contributed by atoms with Gasteiger partial charge in [-0.1, -0.05) is 106 Å². The summed E-state index contributed by atoms with van der Waals surface area (Å²) in [7, 11) is -6.00. The number of nitrogens with zero attached hydrogens (tertiary/aromatic N) is 2. The molecule has 1 aromatic heterocycles. The van der Waals surface area contributed by atoms with E-state index in [0.717, 1.165) is 11.0 Å². The van der Waals surface area contributed by atoms with Crippen molar-refractivity contribution in [3.05, 3.63) is 137 Å². The van der Waals surface area contributed by atoms with Gasteiger partial charge in [-0.15, -0.1) is 0 Å². The number of hydrogen-bond acceptors (Lipinski definition) is 1. The zero-order valence-electron chi connectivity index (χ0n) is 20.8. The molecule has 6 rings (SSSR count). The Morgan fingerprint density at radius 2 is 1.00 bits per heavy atom. The van der Waals surface area contributed by atoms with Crippen molar-refractivity contribution < 1.29 is 21.9 Å². The Hall–Kier alpha value is -3.91. The molecule has 1 aliphatic rings. The molecule has 1 saturated heterocycles. The summed E-state index contributed by atoms with van der Waals surface area (Å²) in [5.41, 5.74) is 8.54. The van der Waals surface area contributed by atoms with E-state index >= 15 is 0 Å². The predicted molar refractivity (Wildman–Crippen MR) is 153 cm³/mol. The van der Waals surface area contributed by atoms with E-state index in [9.17, 15) is 17.3 Å². The van der Waals surface area contributed by atoms with Crippen LogP contribution in [0.1, 0.15) is 11.6 Å². The quantitative estimate of drug-likeness (QED) is 0.0859. The number of hydrogen-bond donors (Lipinski definition) is 0. The Balaban J connectivity index is 0.000000567. The average Bonchev–Trinajstić information content (AvgIpc) is 3.73. The monoisotopic (exact) mass is 590 g/mol. The highest BCUT2D eigenvalue weighted by Crippen LogP contribution is 2.38. The normalized spacial score (nSPS) is 14.4. The molecule has 0 aliphatic carbocycles. The lowest BCUT2D eigenvalue weighted by atomic mass is 9.99. The van der Waals surface area contributed by atoms with Crippen molar-refractivity contribution in [2.24, 2.45) is 0 Å². The lowest BCUT2D eigenvalue weighted by molar-refractivity contribution is -0.655. The number of rotatable bonds is 5. The second-order valence-electron chi connectivity index (χ2n) is 9.08. The average molecular weight is 591 g/mol. The van der Waals surface area contributed by atoms with Crippen LogP contribution < -0.4 is 9.69 Å². The minimum atomic E-state index is -6.00. The summed E-state index contributed by atoms with van der Waals surface area (Å²) in [6, 6.07) is 45.6. The van der Waals surface area contributed by atoms with E-state index < -0.39 is 7.25 Å². The molecule has 1 unspecified atom stereocenters. The summed E-state index contributed by atoms with van der Waals surface area (Å²) in [4.78, 5) is 0. The van der Waals surface area contributed by atoms with Crippen molar-refractivity contribution in [3.63, 3.8) is 0 Å². The van der Waals surface area contributed by atoms with E-state index in [0.29, 0.717) is 6.04 Å². The molecule has 0 N–H and O–H groups in total. The standard InChI is InChI=1S/C31H24BrN2.BF4/c32-28-19-11-10-18-27(28)31-22-33(31)34-29(24-14-6-2-7-15-24)20-26(23-12-4-1-5-13-23)21-30(34)25-16-8-3-9-17-25;2-1(3,4)5/h1-21,31H,22H2;/q+1;-1. The molecule has 1 fully saturated rings. The van der Waals surface area contributed by atoms with E-state index in [-0.39, 0.29) is 0 Å². The third-order valence-corrected chi connectivity index (χ3v) is 7.12. The van der Waals surface area contributed by atoms with E-state index in [4.69, 9.17) is 0 Å². The van der Waals surface area contributed by atoms with Crippen molar-refractivity contribution in [1.29, 1.82) is 0 Å². The topological polar surface area (TPSA) is 6.89 Å². The number of halogens is 5. The van der Waals surface area contributed by atoms with Crippen LogP contribution in [0.4, 0.5) is 17.3 Å². The highest BCUT2D eigenvalue weighted by Gasteiger charge is 2.47. The van der Waals surface area contributed by atoms with E-state index in [1.807, 2.05) is 0 Å². The van der Waals surface area contributed by atoms with Crippen molar-refractivity contribution in [3.8, 4) is 33.6 Å². The number of pyridine rings is 1. The lowest BCUT2D eigenvalue weighted by Crippen LogP contribution is -2.49. The molecule has 1 atom stereocenters. The fraction of sp³-hybridized carbons (Fsp3) is 0.0645. The van der Waals surface area contributed by atoms with Gasteiger partial charge in [-0.3, -0.25) is 0 Å². The smallest absolute Gasteiger partial charge is 0.418 e. The molecule has 0 bridgehead atoms. The Bertz CT molecular complexity index is 1480. The number of benzene rings is 4. The highest BCUT2D eigenvalue weighted by atomic mass is 79.9. The summed E-state index contributed by atoms with van der Waals surface area (Å²) in [6.45, 7) is 0.970. The van der Waals surface area contributed by atoms with Gasteiger partial charge in [0.2, 0.25) is 11.4 Å². The predicted octanol–water partition coefficient (Wildman–Crippen LogP) is 8.73. The molecule has 0 radical (unpaired) electrons. The van der Waals surface area contributed by atoms with Crippen molar-refractivity contribution in [2.45, 2.75) is 6.04 Å². The first-order valence-electron chi connectivity index (χ1n) is 12.4. The molecule has 2 nitrogen and oxygen atoms in total. The molecule has 0 spiro atoms. The molecule has 196 valence electrons. The summed E-state index contributed by atoms with van der Waals surface area (Å²) >= 11 is 3.77. The minimum absolute atomic E-state index is 0.327. The van der Waals surface area contributed by atoms with Gasteiger partial charge in [-0.05, 0) is 47.0 Å². The lowest BCUT2D eigenvalue weighted by Gasteiger charge is -2.13. The third-order valence-electron chi connectivity index (χ3n) is 6.39. The Kier molecular flexibility index (Phi) is 7.84. The van der Waals surface area contributed by atoms with Crippen LogP contribution in [-0.2, 0) is 0 Å². The van der Waals surface area contributed by atoms with Crippen LogP contribution >= 0.6 is 15.9 Å². The maximum atomic E-state index is 9.75. The first-order valence-corrected chi connectivity index (χ1v) is 13.2. The van der Waals surface area contributed by atoms with Gasteiger partial charge in [0.25, 0.3) is 0 Å². The van der Waals surface area contributed by atoms with Crippen LogP contribution in [0.2, 0.25) is 0 Å². The highest BCUT2D eigenvalue weighted by molar-refractivity contribution is 9.10. The summed E-state index contributed by atoms with van der Waals surface area (Å²) < 4.78 is 42.6. The molecular weight excluding hydrogens is 567 g/mol. The van der Waals surface area contributed by atoms with Gasteiger partial charge in [-0.2, -0.15) is 5.01 Å². The van der Waals surface area contributed by atoms with Crippen LogP contribution in [0.3, 0.4) is 0 Å². The molecule has 39 heavy (non-hydrogen) atoms. The van der Waals surface area contributed by atoms with Gasteiger partial charge in [0.15, 0.2) is 0 Å². The molecule has 8 heteroatoms. The maximum Gasteiger partial charge on any atom is 0.673 e. The summed E-state index contributed by atoms with van der Waals surface area (Å²) in [5, 5.41) is 2.46. The van der Waals surface area contributed by atoms with Crippen LogP contribution in [0, 0.1) is 0 Å². The molecular formula is C31H24BBrF4N2. The van der Waals surface area contributed by atoms with Crippen LogP contribution in [0.5, 0.6) is 0 Å². The molecule has 1 aliphatic heterocycles. The van der Waals surface area contributed by atoms with Gasteiger partial charge < -0.3 is 17.3 Å². The van der Waals surface area contributed by atoms with Gasteiger partial charge in [0, 0.05) is 27.7 Å². The van der Waals surface area contributed by atoms with Gasteiger partial charge in [0.1, 0.15) is 12.6 Å². The van der Waals surface area contributed by atoms with Gasteiger partial charge in [-0.25, -0.2) is 0 Å². The Morgan fingerprint density at radius 3 is 1.46 bits per heavy atom. The first kappa shape index (κ1) is 26.7. The zero-order chi connectivity index (χ0) is 27.4. The molecule has 0 amide bonds. The third kappa shape index (κ3) is 6.57. The van der Waals surface area contributed by atoms with Crippen LogP contribution in [0.15, 0.2) is 132 Å². The summed E-state index contributed by atoms with van der Waals surface area (Å²) in [5.74, 6) is 0. The van der Waals surface area contributed by atoms with E-state index in [1.54, 1.807) is 0 Å². The first-order chi connectivity index (χ1) is 18.8. The Labute approximate surface area is 233 Å². The molecule has 2 heterocycles. The zero-order valence-corrected chi connectivity index (χ0v) is 22.4. The van der Waals surface area contributed by atoms with E-state index in [1.165, 1.54) is 39.2 Å². The maximum absolute atomic E-state index is 9.75. The van der Waals surface area contributed by atoms with Gasteiger partial charge in [0.05, 0.1) is 0 Å². The van der Waals surface area contributed by atoms with Crippen molar-refractivity contribution in [1.82, 2.24) is 0 Å². The van der Waals surface area contributed by atoms with Crippen LogP contribution in [0.25, 0.3) is 33.6 Å². The molecule has 5 aromatic rings. The molecule has 0 saturated carbocycles. The van der Waals surface area contributed by atoms with Crippen molar-refractivity contribution >= 4 is 23.2 Å².